The van der Waals surface area contributed by atoms with Crippen LogP contribution in [-0.2, 0) is 4.74 Å². The van der Waals surface area contributed by atoms with Crippen molar-refractivity contribution in [2.75, 3.05) is 19.8 Å². The first kappa shape index (κ1) is 12.7. The summed E-state index contributed by atoms with van der Waals surface area (Å²) in [5.41, 5.74) is 5.41. The van der Waals surface area contributed by atoms with Gasteiger partial charge in [-0.25, -0.2) is 0 Å². The molecule has 0 saturated carbocycles. The molecule has 1 saturated heterocycles. The highest BCUT2D eigenvalue weighted by Crippen LogP contribution is 2.29. The Kier molecular flexibility index (Phi) is 3.97. The van der Waals surface area contributed by atoms with E-state index in [-0.39, 0.29) is 12.6 Å². The van der Waals surface area contributed by atoms with Crippen molar-refractivity contribution in [3.05, 3.63) is 0 Å². The summed E-state index contributed by atoms with van der Waals surface area (Å²) in [6.45, 7) is 4.07. The lowest BCUT2D eigenvalue weighted by Crippen LogP contribution is -2.60. The Morgan fingerprint density at radius 1 is 1.47 bits per heavy atom. The van der Waals surface area contributed by atoms with Crippen molar-refractivity contribution in [2.45, 2.75) is 38.1 Å². The molecule has 0 aromatic rings. The van der Waals surface area contributed by atoms with Gasteiger partial charge in [-0.1, -0.05) is 0 Å². The molecule has 2 N–H and O–H groups in total. The third-order valence-electron chi connectivity index (χ3n) is 2.61. The highest BCUT2D eigenvalue weighted by Gasteiger charge is 2.47. The molecule has 0 bridgehead atoms. The summed E-state index contributed by atoms with van der Waals surface area (Å²) in [5.74, 6) is 0. The van der Waals surface area contributed by atoms with Crippen molar-refractivity contribution >= 4 is 0 Å². The average molecular weight is 226 g/mol. The van der Waals surface area contributed by atoms with Crippen LogP contribution in [0.25, 0.3) is 0 Å². The number of morpholine rings is 1. The van der Waals surface area contributed by atoms with Crippen LogP contribution in [0.4, 0.5) is 13.2 Å². The summed E-state index contributed by atoms with van der Waals surface area (Å²) < 4.78 is 43.4. The van der Waals surface area contributed by atoms with Crippen LogP contribution in [0.3, 0.4) is 0 Å². The second kappa shape index (κ2) is 4.67. The summed E-state index contributed by atoms with van der Waals surface area (Å²) >= 11 is 0. The van der Waals surface area contributed by atoms with Crippen LogP contribution >= 0.6 is 0 Å². The largest absolute Gasteiger partial charge is 0.405 e. The molecule has 3 nitrogen and oxygen atoms in total. The van der Waals surface area contributed by atoms with E-state index in [2.05, 4.69) is 0 Å². The smallest absolute Gasteiger partial charge is 0.379 e. The van der Waals surface area contributed by atoms with Crippen molar-refractivity contribution in [3.8, 4) is 0 Å². The fourth-order valence-corrected chi connectivity index (χ4v) is 1.94. The fraction of sp³-hybridized carbons (Fsp3) is 1.00. The number of hydrogen-bond donors (Lipinski definition) is 1. The van der Waals surface area contributed by atoms with Gasteiger partial charge in [-0.05, 0) is 13.8 Å². The fourth-order valence-electron chi connectivity index (χ4n) is 1.94. The van der Waals surface area contributed by atoms with Crippen LogP contribution in [0.5, 0.6) is 0 Å². The molecular weight excluding hydrogens is 209 g/mol. The third-order valence-corrected chi connectivity index (χ3v) is 2.61. The van der Waals surface area contributed by atoms with Gasteiger partial charge in [0, 0.05) is 18.6 Å². The van der Waals surface area contributed by atoms with Gasteiger partial charge in [0.1, 0.15) is 6.04 Å². The number of nitrogens with zero attached hydrogens (tertiary/aromatic N) is 1. The lowest BCUT2D eigenvalue weighted by Gasteiger charge is -2.41. The first-order chi connectivity index (χ1) is 6.84. The van der Waals surface area contributed by atoms with E-state index >= 15 is 0 Å². The second-order valence-corrected chi connectivity index (χ2v) is 4.01. The topological polar surface area (TPSA) is 38.5 Å². The molecule has 6 heteroatoms. The molecule has 0 aromatic carbocycles. The SMILES string of the molecule is CC(N)C(N1CCOCC1C)C(F)(F)F. The first-order valence-electron chi connectivity index (χ1n) is 5.00. The Morgan fingerprint density at radius 3 is 2.47 bits per heavy atom. The molecule has 0 aromatic heterocycles. The van der Waals surface area contributed by atoms with Crippen LogP contribution in [-0.4, -0.2) is 49.0 Å². The maximum absolute atomic E-state index is 12.8. The van der Waals surface area contributed by atoms with Crippen LogP contribution < -0.4 is 5.73 Å². The molecule has 0 spiro atoms. The molecule has 0 aliphatic carbocycles. The van der Waals surface area contributed by atoms with E-state index in [1.807, 2.05) is 0 Å². The average Bonchev–Trinajstić information content (AvgIpc) is 2.05. The number of halogens is 3. The van der Waals surface area contributed by atoms with Gasteiger partial charge in [0.2, 0.25) is 0 Å². The molecule has 0 amide bonds. The molecule has 1 fully saturated rings. The van der Waals surface area contributed by atoms with Crippen molar-refractivity contribution in [1.29, 1.82) is 0 Å². The minimum absolute atomic E-state index is 0.239. The Labute approximate surface area is 87.4 Å². The minimum atomic E-state index is -4.28. The second-order valence-electron chi connectivity index (χ2n) is 4.01. The zero-order chi connectivity index (χ0) is 11.6. The van der Waals surface area contributed by atoms with Gasteiger partial charge >= 0.3 is 6.18 Å². The number of ether oxygens (including phenoxy) is 1. The summed E-state index contributed by atoms with van der Waals surface area (Å²) in [7, 11) is 0. The van der Waals surface area contributed by atoms with E-state index in [4.69, 9.17) is 10.5 Å². The van der Waals surface area contributed by atoms with E-state index in [1.54, 1.807) is 6.92 Å². The summed E-state index contributed by atoms with van der Waals surface area (Å²) in [6, 6.07) is -2.74. The third kappa shape index (κ3) is 3.06. The van der Waals surface area contributed by atoms with Gasteiger partial charge in [-0.3, -0.25) is 4.90 Å². The zero-order valence-electron chi connectivity index (χ0n) is 8.92. The van der Waals surface area contributed by atoms with Crippen molar-refractivity contribution in [1.82, 2.24) is 4.90 Å². The first-order valence-corrected chi connectivity index (χ1v) is 5.00. The number of hydrogen-bond acceptors (Lipinski definition) is 3. The summed E-state index contributed by atoms with van der Waals surface area (Å²) in [4.78, 5) is 1.38. The Balaban J connectivity index is 2.78. The molecule has 1 rings (SSSR count). The molecule has 0 radical (unpaired) electrons. The molecule has 1 heterocycles. The van der Waals surface area contributed by atoms with Crippen LogP contribution in [0.15, 0.2) is 0 Å². The minimum Gasteiger partial charge on any atom is -0.379 e. The van der Waals surface area contributed by atoms with Gasteiger partial charge in [0.05, 0.1) is 13.2 Å². The number of rotatable bonds is 2. The Hall–Kier alpha value is -0.330. The van der Waals surface area contributed by atoms with Crippen molar-refractivity contribution in [3.63, 3.8) is 0 Å². The molecule has 15 heavy (non-hydrogen) atoms. The van der Waals surface area contributed by atoms with Gasteiger partial charge in [-0.15, -0.1) is 0 Å². The standard InChI is InChI=1S/C9H17F3N2O/c1-6-5-15-4-3-14(6)8(7(2)13)9(10,11)12/h6-8H,3-5,13H2,1-2H3. The highest BCUT2D eigenvalue weighted by molar-refractivity contribution is 4.89. The van der Waals surface area contributed by atoms with Crippen molar-refractivity contribution < 1.29 is 17.9 Å². The highest BCUT2D eigenvalue weighted by atomic mass is 19.4. The van der Waals surface area contributed by atoms with Crippen LogP contribution in [0.2, 0.25) is 0 Å². The Bertz CT molecular complexity index is 208. The lowest BCUT2D eigenvalue weighted by molar-refractivity contribution is -0.204. The summed E-state index contributed by atoms with van der Waals surface area (Å²) in [5, 5.41) is 0. The van der Waals surface area contributed by atoms with Crippen LogP contribution in [0, 0.1) is 0 Å². The molecular formula is C9H17F3N2O. The summed E-state index contributed by atoms with van der Waals surface area (Å²) in [6.07, 6.45) is -4.28. The number of nitrogens with two attached hydrogens (primary N) is 1. The van der Waals surface area contributed by atoms with Gasteiger partial charge < -0.3 is 10.5 Å². The van der Waals surface area contributed by atoms with E-state index < -0.39 is 18.3 Å². The number of alkyl halides is 3. The lowest BCUT2D eigenvalue weighted by atomic mass is 10.1. The monoisotopic (exact) mass is 226 g/mol. The molecule has 90 valence electrons. The van der Waals surface area contributed by atoms with Crippen LogP contribution in [0.1, 0.15) is 13.8 Å². The predicted octanol–water partition coefficient (Wildman–Crippen LogP) is 0.985. The van der Waals surface area contributed by atoms with E-state index in [9.17, 15) is 13.2 Å². The van der Waals surface area contributed by atoms with E-state index in [0.717, 1.165) is 0 Å². The quantitative estimate of drug-likeness (QED) is 0.763. The molecule has 3 atom stereocenters. The zero-order valence-corrected chi connectivity index (χ0v) is 8.92. The molecule has 1 aliphatic rings. The van der Waals surface area contributed by atoms with Gasteiger partial charge in [0.15, 0.2) is 0 Å². The maximum Gasteiger partial charge on any atom is 0.405 e. The van der Waals surface area contributed by atoms with E-state index in [0.29, 0.717) is 13.2 Å². The van der Waals surface area contributed by atoms with E-state index in [1.165, 1.54) is 11.8 Å². The maximum atomic E-state index is 12.8. The Morgan fingerprint density at radius 2 is 2.07 bits per heavy atom. The normalized spacial score (nSPS) is 28.8. The van der Waals surface area contributed by atoms with Gasteiger partial charge in [0.25, 0.3) is 0 Å². The predicted molar refractivity (Wildman–Crippen MR) is 50.5 cm³/mol. The molecule has 1 aliphatic heterocycles. The molecule has 3 unspecified atom stereocenters. The van der Waals surface area contributed by atoms with Gasteiger partial charge in [-0.2, -0.15) is 13.2 Å². The van der Waals surface area contributed by atoms with Crippen molar-refractivity contribution in [2.24, 2.45) is 5.73 Å².